The van der Waals surface area contributed by atoms with Gasteiger partial charge in [-0.1, -0.05) is 6.92 Å². The lowest BCUT2D eigenvalue weighted by atomic mass is 10.1. The lowest BCUT2D eigenvalue weighted by Crippen LogP contribution is -2.32. The normalized spacial score (nSPS) is 28.4. The van der Waals surface area contributed by atoms with Gasteiger partial charge in [-0.25, -0.2) is 4.98 Å². The predicted octanol–water partition coefficient (Wildman–Crippen LogP) is 0.894. The lowest BCUT2D eigenvalue weighted by Gasteiger charge is -2.24. The average molecular weight is 194 g/mol. The molecule has 1 aromatic heterocycles. The Labute approximate surface area is 84.5 Å². The number of hydrogen-bond acceptors (Lipinski definition) is 3. The average Bonchev–Trinajstić information content (AvgIpc) is 2.76. The third kappa shape index (κ3) is 1.67. The summed E-state index contributed by atoms with van der Waals surface area (Å²) in [6.07, 6.45) is 5.88. The number of rotatable bonds is 3. The summed E-state index contributed by atoms with van der Waals surface area (Å²) in [4.78, 5) is 9.67. The molecule has 0 unspecified atom stereocenters. The second-order valence-corrected chi connectivity index (χ2v) is 3.94. The van der Waals surface area contributed by atoms with Crippen LogP contribution in [0.1, 0.15) is 31.5 Å². The van der Waals surface area contributed by atoms with Crippen LogP contribution in [0.3, 0.4) is 0 Å². The van der Waals surface area contributed by atoms with E-state index in [4.69, 9.17) is 5.73 Å². The van der Waals surface area contributed by atoms with E-state index < -0.39 is 0 Å². The maximum atomic E-state index is 6.10. The van der Waals surface area contributed by atoms with Gasteiger partial charge in [-0.2, -0.15) is 0 Å². The predicted molar refractivity (Wildman–Crippen MR) is 55.8 cm³/mol. The topological polar surface area (TPSA) is 57.9 Å². The molecule has 0 aliphatic carbocycles. The molecule has 1 saturated heterocycles. The molecule has 2 rings (SSSR count). The fourth-order valence-corrected chi connectivity index (χ4v) is 2.28. The molecular weight excluding hydrogens is 176 g/mol. The third-order valence-electron chi connectivity index (χ3n) is 2.90. The van der Waals surface area contributed by atoms with E-state index >= 15 is 0 Å². The summed E-state index contributed by atoms with van der Waals surface area (Å²) in [6.45, 7) is 4.43. The van der Waals surface area contributed by atoms with Crippen molar-refractivity contribution in [1.82, 2.24) is 14.9 Å². The van der Waals surface area contributed by atoms with Crippen molar-refractivity contribution in [1.29, 1.82) is 0 Å². The number of H-pyrrole nitrogens is 1. The first kappa shape index (κ1) is 9.68. The van der Waals surface area contributed by atoms with Gasteiger partial charge in [0.25, 0.3) is 0 Å². The highest BCUT2D eigenvalue weighted by atomic mass is 15.2. The second kappa shape index (κ2) is 4.11. The molecule has 0 spiro atoms. The first-order chi connectivity index (χ1) is 6.83. The molecule has 2 heterocycles. The molecule has 3 N–H and O–H groups in total. The number of aromatic amines is 1. The number of imidazole rings is 1. The smallest absolute Gasteiger partial charge is 0.0922 e. The molecule has 1 aliphatic heterocycles. The highest BCUT2D eigenvalue weighted by Gasteiger charge is 2.32. The van der Waals surface area contributed by atoms with E-state index in [2.05, 4.69) is 21.8 Å². The van der Waals surface area contributed by atoms with Gasteiger partial charge in [0, 0.05) is 18.8 Å². The first-order valence-corrected chi connectivity index (χ1v) is 5.31. The van der Waals surface area contributed by atoms with E-state index in [1.54, 1.807) is 6.33 Å². The largest absolute Gasteiger partial charge is 0.347 e. The van der Waals surface area contributed by atoms with Gasteiger partial charge in [0.05, 0.1) is 18.1 Å². The van der Waals surface area contributed by atoms with Crippen molar-refractivity contribution in [2.24, 2.45) is 5.73 Å². The SMILES string of the molecule is CCCN1CC[C@H](N)[C@H]1c1cnc[nH]1. The molecule has 14 heavy (non-hydrogen) atoms. The zero-order valence-electron chi connectivity index (χ0n) is 8.61. The van der Waals surface area contributed by atoms with Crippen LogP contribution in [0.4, 0.5) is 0 Å². The molecule has 0 amide bonds. The molecular formula is C10H18N4. The van der Waals surface area contributed by atoms with Crippen LogP contribution < -0.4 is 5.73 Å². The van der Waals surface area contributed by atoms with Gasteiger partial charge >= 0.3 is 0 Å². The van der Waals surface area contributed by atoms with Crippen LogP contribution in [-0.2, 0) is 0 Å². The van der Waals surface area contributed by atoms with Crippen molar-refractivity contribution in [3.05, 3.63) is 18.2 Å². The van der Waals surface area contributed by atoms with Crippen LogP contribution in [-0.4, -0.2) is 34.0 Å². The third-order valence-corrected chi connectivity index (χ3v) is 2.90. The van der Waals surface area contributed by atoms with E-state index in [-0.39, 0.29) is 6.04 Å². The maximum absolute atomic E-state index is 6.10. The Morgan fingerprint density at radius 2 is 2.57 bits per heavy atom. The van der Waals surface area contributed by atoms with Gasteiger partial charge in [-0.3, -0.25) is 4.90 Å². The zero-order valence-corrected chi connectivity index (χ0v) is 8.61. The molecule has 1 aliphatic rings. The monoisotopic (exact) mass is 194 g/mol. The number of hydrogen-bond donors (Lipinski definition) is 2. The van der Waals surface area contributed by atoms with Gasteiger partial charge in [-0.15, -0.1) is 0 Å². The van der Waals surface area contributed by atoms with Gasteiger partial charge in [0.15, 0.2) is 0 Å². The minimum Gasteiger partial charge on any atom is -0.347 e. The van der Waals surface area contributed by atoms with Crippen molar-refractivity contribution in [3.63, 3.8) is 0 Å². The van der Waals surface area contributed by atoms with E-state index in [9.17, 15) is 0 Å². The summed E-state index contributed by atoms with van der Waals surface area (Å²) in [5.41, 5.74) is 7.26. The van der Waals surface area contributed by atoms with Crippen LogP contribution >= 0.6 is 0 Å². The number of nitrogens with zero attached hydrogens (tertiary/aromatic N) is 2. The Bertz CT molecular complexity index is 268. The highest BCUT2D eigenvalue weighted by Crippen LogP contribution is 2.29. The van der Waals surface area contributed by atoms with Gasteiger partial charge in [-0.05, 0) is 19.4 Å². The zero-order chi connectivity index (χ0) is 9.97. The van der Waals surface area contributed by atoms with Crippen molar-refractivity contribution in [2.75, 3.05) is 13.1 Å². The number of aromatic nitrogens is 2. The fourth-order valence-electron chi connectivity index (χ4n) is 2.28. The number of nitrogens with two attached hydrogens (primary N) is 1. The Morgan fingerprint density at radius 3 is 3.21 bits per heavy atom. The number of likely N-dealkylation sites (tertiary alicyclic amines) is 1. The quantitative estimate of drug-likeness (QED) is 0.751. The molecule has 4 heteroatoms. The van der Waals surface area contributed by atoms with Gasteiger partial charge in [0.2, 0.25) is 0 Å². The summed E-state index contributed by atoms with van der Waals surface area (Å²) in [6, 6.07) is 0.597. The molecule has 1 fully saturated rings. The van der Waals surface area contributed by atoms with Crippen LogP contribution in [0.25, 0.3) is 0 Å². The molecule has 0 saturated carbocycles. The van der Waals surface area contributed by atoms with E-state index in [1.165, 1.54) is 6.42 Å². The standard InChI is InChI=1S/C10H18N4/c1-2-4-14-5-3-8(11)10(14)9-6-12-7-13-9/h6-8,10H,2-5,11H2,1H3,(H,12,13)/t8-,10-/m0/s1. The van der Waals surface area contributed by atoms with Crippen molar-refractivity contribution in [2.45, 2.75) is 31.8 Å². The minimum atomic E-state index is 0.252. The van der Waals surface area contributed by atoms with Crippen molar-refractivity contribution >= 4 is 0 Å². The molecule has 0 bridgehead atoms. The Morgan fingerprint density at radius 1 is 1.71 bits per heavy atom. The Balaban J connectivity index is 2.13. The van der Waals surface area contributed by atoms with Crippen LogP contribution in [0.2, 0.25) is 0 Å². The molecule has 2 atom stereocenters. The van der Waals surface area contributed by atoms with Crippen LogP contribution in [0.15, 0.2) is 12.5 Å². The van der Waals surface area contributed by atoms with Crippen molar-refractivity contribution < 1.29 is 0 Å². The second-order valence-electron chi connectivity index (χ2n) is 3.94. The summed E-state index contributed by atoms with van der Waals surface area (Å²) in [5, 5.41) is 0. The summed E-state index contributed by atoms with van der Waals surface area (Å²) < 4.78 is 0. The highest BCUT2D eigenvalue weighted by molar-refractivity contribution is 5.09. The van der Waals surface area contributed by atoms with Crippen LogP contribution in [0.5, 0.6) is 0 Å². The molecule has 1 aromatic rings. The van der Waals surface area contributed by atoms with Crippen molar-refractivity contribution in [3.8, 4) is 0 Å². The maximum Gasteiger partial charge on any atom is 0.0922 e. The van der Waals surface area contributed by atoms with Crippen LogP contribution in [0, 0.1) is 0 Å². The summed E-state index contributed by atoms with van der Waals surface area (Å²) in [5.74, 6) is 0. The number of nitrogens with one attached hydrogen (secondary N) is 1. The van der Waals surface area contributed by atoms with E-state index in [1.807, 2.05) is 6.20 Å². The summed E-state index contributed by atoms with van der Waals surface area (Å²) in [7, 11) is 0. The Hall–Kier alpha value is -0.870. The first-order valence-electron chi connectivity index (χ1n) is 5.31. The minimum absolute atomic E-state index is 0.252. The fraction of sp³-hybridized carbons (Fsp3) is 0.700. The Kier molecular flexibility index (Phi) is 2.84. The lowest BCUT2D eigenvalue weighted by molar-refractivity contribution is 0.244. The van der Waals surface area contributed by atoms with E-state index in [0.717, 1.165) is 25.2 Å². The molecule has 0 aromatic carbocycles. The molecule has 78 valence electrons. The van der Waals surface area contributed by atoms with Gasteiger partial charge in [0.1, 0.15) is 0 Å². The van der Waals surface area contributed by atoms with E-state index in [0.29, 0.717) is 6.04 Å². The molecule has 4 nitrogen and oxygen atoms in total. The van der Waals surface area contributed by atoms with Gasteiger partial charge < -0.3 is 10.7 Å². The molecule has 0 radical (unpaired) electrons. The summed E-state index contributed by atoms with van der Waals surface area (Å²) >= 11 is 0.